The zero-order valence-electron chi connectivity index (χ0n) is 12.7. The Balaban J connectivity index is 2.01. The minimum absolute atomic E-state index is 0.0741. The van der Waals surface area contributed by atoms with E-state index in [1.54, 1.807) is 0 Å². The van der Waals surface area contributed by atoms with E-state index in [4.69, 9.17) is 0 Å². The summed E-state index contributed by atoms with van der Waals surface area (Å²) in [5.41, 5.74) is 1.18. The van der Waals surface area contributed by atoms with Crippen molar-refractivity contribution in [2.24, 2.45) is 22.7 Å². The maximum Gasteiger partial charge on any atom is 0.166 e. The van der Waals surface area contributed by atoms with Crippen LogP contribution in [0, 0.1) is 22.7 Å². The second-order valence-corrected chi connectivity index (χ2v) is 7.24. The maximum absolute atomic E-state index is 13.0. The van der Waals surface area contributed by atoms with E-state index in [-0.39, 0.29) is 16.7 Å². The van der Waals surface area contributed by atoms with Gasteiger partial charge in [0.25, 0.3) is 0 Å². The lowest BCUT2D eigenvalue weighted by Gasteiger charge is -2.54. The summed E-state index contributed by atoms with van der Waals surface area (Å²) in [6.07, 6.45) is 8.14. The Bertz CT molecular complexity index is 542. The van der Waals surface area contributed by atoms with E-state index in [1.807, 2.05) is 30.3 Å². The first kappa shape index (κ1) is 13.6. The normalized spacial score (nSPS) is 35.5. The Morgan fingerprint density at radius 3 is 2.40 bits per heavy atom. The number of carbonyl (C=O) groups excluding carboxylic acids is 1. The van der Waals surface area contributed by atoms with E-state index < -0.39 is 0 Å². The molecule has 0 aromatic heterocycles. The van der Waals surface area contributed by atoms with Crippen molar-refractivity contribution >= 4 is 5.78 Å². The Labute approximate surface area is 122 Å². The summed E-state index contributed by atoms with van der Waals surface area (Å²) in [5.74, 6) is 1.00. The summed E-state index contributed by atoms with van der Waals surface area (Å²) in [4.78, 5) is 13.0. The highest BCUT2D eigenvalue weighted by Gasteiger charge is 2.53. The second kappa shape index (κ2) is 4.58. The lowest BCUT2D eigenvalue weighted by molar-refractivity contribution is 0.0215. The molecule has 3 atom stereocenters. The van der Waals surface area contributed by atoms with Gasteiger partial charge in [0, 0.05) is 16.9 Å². The number of allylic oxidation sites excluding steroid dienone is 2. The van der Waals surface area contributed by atoms with E-state index >= 15 is 0 Å². The minimum Gasteiger partial charge on any atom is -0.294 e. The van der Waals surface area contributed by atoms with Gasteiger partial charge in [-0.1, -0.05) is 63.3 Å². The van der Waals surface area contributed by atoms with E-state index in [1.165, 1.54) is 6.42 Å². The lowest BCUT2D eigenvalue weighted by atomic mass is 9.49. The molecule has 0 radical (unpaired) electrons. The Morgan fingerprint density at radius 1 is 1.15 bits per heavy atom. The molecular formula is C19H24O. The molecule has 20 heavy (non-hydrogen) atoms. The topological polar surface area (TPSA) is 17.1 Å². The van der Waals surface area contributed by atoms with Gasteiger partial charge in [0.1, 0.15) is 0 Å². The standard InChI is InChI=1S/C19H24O/c1-14(2)19-11-9-18(3,10-12-19)13-16(19)17(20)15-7-5-4-6-8-15/h4-9,11,14,16H,10,12-13H2,1-3H3. The summed E-state index contributed by atoms with van der Waals surface area (Å²) in [6.45, 7) is 6.84. The SMILES string of the molecule is CC(C)C12C=CC(C)(CC1)CC2C(=O)c1ccccc1. The van der Waals surface area contributed by atoms with Crippen LogP contribution in [0.25, 0.3) is 0 Å². The van der Waals surface area contributed by atoms with E-state index in [2.05, 4.69) is 32.9 Å². The van der Waals surface area contributed by atoms with E-state index in [9.17, 15) is 4.79 Å². The predicted molar refractivity (Wildman–Crippen MR) is 82.6 cm³/mol. The molecule has 0 heterocycles. The van der Waals surface area contributed by atoms with Crippen molar-refractivity contribution in [2.45, 2.75) is 40.0 Å². The molecule has 3 aliphatic carbocycles. The molecule has 4 rings (SSSR count). The number of Topliss-reactive ketones (excluding diaryl/α,β-unsaturated/α-hetero) is 1. The van der Waals surface area contributed by atoms with Gasteiger partial charge in [0.15, 0.2) is 5.78 Å². The summed E-state index contributed by atoms with van der Waals surface area (Å²) in [5, 5.41) is 0. The van der Waals surface area contributed by atoms with Crippen molar-refractivity contribution in [3.8, 4) is 0 Å². The maximum atomic E-state index is 13.0. The number of hydrogen-bond acceptors (Lipinski definition) is 1. The van der Waals surface area contributed by atoms with Crippen LogP contribution in [0.4, 0.5) is 0 Å². The van der Waals surface area contributed by atoms with Crippen molar-refractivity contribution in [3.05, 3.63) is 48.0 Å². The fraction of sp³-hybridized carbons (Fsp3) is 0.526. The summed E-state index contributed by atoms with van der Waals surface area (Å²) < 4.78 is 0. The predicted octanol–water partition coefficient (Wildman–Crippen LogP) is 4.89. The average Bonchev–Trinajstić information content (AvgIpc) is 2.47. The number of fused-ring (bicyclic) bond motifs is 2. The fourth-order valence-corrected chi connectivity index (χ4v) is 4.17. The number of ketones is 1. The van der Waals surface area contributed by atoms with Crippen LogP contribution in [0.15, 0.2) is 42.5 Å². The van der Waals surface area contributed by atoms with Gasteiger partial charge in [-0.3, -0.25) is 4.79 Å². The quantitative estimate of drug-likeness (QED) is 0.563. The van der Waals surface area contributed by atoms with Crippen LogP contribution >= 0.6 is 0 Å². The molecular weight excluding hydrogens is 244 g/mol. The molecule has 3 aliphatic rings. The van der Waals surface area contributed by atoms with Gasteiger partial charge in [0.05, 0.1) is 0 Å². The number of benzene rings is 1. The van der Waals surface area contributed by atoms with E-state index in [0.29, 0.717) is 11.7 Å². The highest BCUT2D eigenvalue weighted by molar-refractivity contribution is 5.98. The van der Waals surface area contributed by atoms with Crippen molar-refractivity contribution in [1.29, 1.82) is 0 Å². The minimum atomic E-state index is 0.0741. The highest BCUT2D eigenvalue weighted by Crippen LogP contribution is 2.59. The van der Waals surface area contributed by atoms with Gasteiger partial charge in [-0.05, 0) is 30.6 Å². The first-order valence-electron chi connectivity index (χ1n) is 7.77. The number of carbonyl (C=O) groups is 1. The van der Waals surface area contributed by atoms with Gasteiger partial charge in [0.2, 0.25) is 0 Å². The van der Waals surface area contributed by atoms with Crippen LogP contribution in [0.5, 0.6) is 0 Å². The number of hydrogen-bond donors (Lipinski definition) is 0. The fourth-order valence-electron chi connectivity index (χ4n) is 4.17. The summed E-state index contributed by atoms with van der Waals surface area (Å²) in [6, 6.07) is 9.83. The van der Waals surface area contributed by atoms with Gasteiger partial charge >= 0.3 is 0 Å². The molecule has 0 saturated heterocycles. The van der Waals surface area contributed by atoms with Crippen LogP contribution < -0.4 is 0 Å². The van der Waals surface area contributed by atoms with E-state index in [0.717, 1.165) is 18.4 Å². The highest BCUT2D eigenvalue weighted by atomic mass is 16.1. The zero-order valence-corrected chi connectivity index (χ0v) is 12.7. The van der Waals surface area contributed by atoms with Gasteiger partial charge < -0.3 is 0 Å². The Kier molecular flexibility index (Phi) is 3.12. The molecule has 0 amide bonds. The van der Waals surface area contributed by atoms with Crippen LogP contribution in [0.1, 0.15) is 50.4 Å². The van der Waals surface area contributed by atoms with Crippen molar-refractivity contribution in [3.63, 3.8) is 0 Å². The van der Waals surface area contributed by atoms with Crippen molar-refractivity contribution in [1.82, 2.24) is 0 Å². The molecule has 0 spiro atoms. The van der Waals surface area contributed by atoms with Gasteiger partial charge in [-0.15, -0.1) is 0 Å². The zero-order chi connectivity index (χ0) is 14.4. The first-order valence-corrected chi connectivity index (χ1v) is 7.77. The molecule has 1 heteroatoms. The molecule has 106 valence electrons. The summed E-state index contributed by atoms with van der Waals surface area (Å²) >= 11 is 0. The van der Waals surface area contributed by atoms with Gasteiger partial charge in [-0.25, -0.2) is 0 Å². The molecule has 1 aromatic carbocycles. The molecule has 3 unspecified atom stereocenters. The van der Waals surface area contributed by atoms with Crippen LogP contribution in [-0.4, -0.2) is 5.78 Å². The summed E-state index contributed by atoms with van der Waals surface area (Å²) in [7, 11) is 0. The third kappa shape index (κ3) is 1.95. The Hall–Kier alpha value is -1.37. The van der Waals surface area contributed by atoms with Gasteiger partial charge in [-0.2, -0.15) is 0 Å². The van der Waals surface area contributed by atoms with Crippen LogP contribution in [-0.2, 0) is 0 Å². The number of rotatable bonds is 3. The molecule has 0 N–H and O–H groups in total. The molecule has 1 saturated carbocycles. The third-order valence-corrected chi connectivity index (χ3v) is 5.69. The van der Waals surface area contributed by atoms with Crippen molar-refractivity contribution < 1.29 is 4.79 Å². The average molecular weight is 268 g/mol. The van der Waals surface area contributed by atoms with Crippen LogP contribution in [0.3, 0.4) is 0 Å². The lowest BCUT2D eigenvalue weighted by Crippen LogP contribution is -2.49. The molecule has 1 fully saturated rings. The molecule has 1 aromatic rings. The van der Waals surface area contributed by atoms with Crippen LogP contribution in [0.2, 0.25) is 0 Å². The Morgan fingerprint density at radius 2 is 1.85 bits per heavy atom. The van der Waals surface area contributed by atoms with Crippen molar-refractivity contribution in [2.75, 3.05) is 0 Å². The molecule has 2 bridgehead atoms. The second-order valence-electron chi connectivity index (χ2n) is 7.24. The smallest absolute Gasteiger partial charge is 0.166 e. The monoisotopic (exact) mass is 268 g/mol. The molecule has 0 aliphatic heterocycles. The molecule has 1 nitrogen and oxygen atoms in total. The largest absolute Gasteiger partial charge is 0.294 e. The third-order valence-electron chi connectivity index (χ3n) is 5.69. The first-order chi connectivity index (χ1) is 9.47.